The number of carbonyl (C=O) groups is 1. The number of carbonyl (C=O) groups excluding carboxylic acids is 1. The van der Waals surface area contributed by atoms with E-state index in [-0.39, 0.29) is 5.91 Å². The Morgan fingerprint density at radius 3 is 2.57 bits per heavy atom. The number of hydrogen-bond acceptors (Lipinski definition) is 2. The average Bonchev–Trinajstić information content (AvgIpc) is 2.45. The maximum atomic E-state index is 11.8. The fraction of sp³-hybridized carbons (Fsp3) is 0.176. The molecule has 1 N–H and O–H groups in total. The average molecular weight is 301 g/mol. The summed E-state index contributed by atoms with van der Waals surface area (Å²) in [5.74, 6) is 0.299. The number of amides is 1. The SMILES string of the molecule is CC(C)c1ccc(/C=C/C(=O)Nc2ccnc(Cl)c2)cc1. The molecular weight excluding hydrogens is 284 g/mol. The third-order valence-corrected chi connectivity index (χ3v) is 3.23. The van der Waals surface area contributed by atoms with Crippen molar-refractivity contribution in [1.29, 1.82) is 0 Å². The summed E-state index contributed by atoms with van der Waals surface area (Å²) in [6, 6.07) is 11.4. The molecule has 4 heteroatoms. The summed E-state index contributed by atoms with van der Waals surface area (Å²) in [7, 11) is 0. The quantitative estimate of drug-likeness (QED) is 0.667. The highest BCUT2D eigenvalue weighted by molar-refractivity contribution is 6.29. The zero-order valence-corrected chi connectivity index (χ0v) is 12.8. The van der Waals surface area contributed by atoms with Gasteiger partial charge in [-0.2, -0.15) is 0 Å². The minimum atomic E-state index is -0.204. The summed E-state index contributed by atoms with van der Waals surface area (Å²) >= 11 is 5.76. The van der Waals surface area contributed by atoms with E-state index in [9.17, 15) is 4.79 Å². The van der Waals surface area contributed by atoms with E-state index in [1.54, 1.807) is 24.4 Å². The number of nitrogens with one attached hydrogen (secondary N) is 1. The maximum Gasteiger partial charge on any atom is 0.248 e. The summed E-state index contributed by atoms with van der Waals surface area (Å²) in [5.41, 5.74) is 2.89. The molecule has 1 aromatic heterocycles. The van der Waals surface area contributed by atoms with Gasteiger partial charge < -0.3 is 5.32 Å². The van der Waals surface area contributed by atoms with Gasteiger partial charge in [-0.1, -0.05) is 49.7 Å². The molecule has 0 aliphatic heterocycles. The standard InChI is InChI=1S/C17H17ClN2O/c1-12(2)14-6-3-13(4-7-14)5-8-17(21)20-15-9-10-19-16(18)11-15/h3-12H,1-2H3,(H,19,20,21)/b8-5+. The van der Waals surface area contributed by atoms with E-state index in [1.165, 1.54) is 11.6 Å². The second kappa shape index (κ2) is 7.04. The van der Waals surface area contributed by atoms with Gasteiger partial charge in [-0.25, -0.2) is 4.98 Å². The van der Waals surface area contributed by atoms with Crippen LogP contribution in [0.1, 0.15) is 30.9 Å². The number of aromatic nitrogens is 1. The number of rotatable bonds is 4. The van der Waals surface area contributed by atoms with Crippen molar-refractivity contribution in [1.82, 2.24) is 4.98 Å². The monoisotopic (exact) mass is 300 g/mol. The number of anilines is 1. The van der Waals surface area contributed by atoms with Crippen molar-refractivity contribution in [2.24, 2.45) is 0 Å². The largest absolute Gasteiger partial charge is 0.322 e. The van der Waals surface area contributed by atoms with E-state index in [0.29, 0.717) is 16.8 Å². The zero-order valence-electron chi connectivity index (χ0n) is 12.0. The Bertz CT molecular complexity index is 648. The molecule has 0 bridgehead atoms. The normalized spacial score (nSPS) is 11.0. The zero-order chi connectivity index (χ0) is 15.2. The molecule has 0 radical (unpaired) electrons. The molecule has 1 amide bonds. The predicted octanol–water partition coefficient (Wildman–Crippen LogP) is 4.51. The van der Waals surface area contributed by atoms with E-state index < -0.39 is 0 Å². The lowest BCUT2D eigenvalue weighted by atomic mass is 10.0. The molecule has 1 aromatic carbocycles. The fourth-order valence-corrected chi connectivity index (χ4v) is 2.00. The van der Waals surface area contributed by atoms with Crippen LogP contribution in [0.5, 0.6) is 0 Å². The number of pyridine rings is 1. The first-order valence-corrected chi connectivity index (χ1v) is 7.13. The van der Waals surface area contributed by atoms with Crippen molar-refractivity contribution in [2.45, 2.75) is 19.8 Å². The van der Waals surface area contributed by atoms with Crippen LogP contribution >= 0.6 is 11.6 Å². The predicted molar refractivity (Wildman–Crippen MR) is 87.4 cm³/mol. The van der Waals surface area contributed by atoms with Crippen LogP contribution in [-0.2, 0) is 4.79 Å². The van der Waals surface area contributed by atoms with Gasteiger partial charge in [0.1, 0.15) is 5.15 Å². The van der Waals surface area contributed by atoms with Crippen LogP contribution in [0.4, 0.5) is 5.69 Å². The van der Waals surface area contributed by atoms with Crippen molar-refractivity contribution in [3.05, 3.63) is 65.0 Å². The molecule has 0 spiro atoms. The highest BCUT2D eigenvalue weighted by atomic mass is 35.5. The number of hydrogen-bond donors (Lipinski definition) is 1. The smallest absolute Gasteiger partial charge is 0.248 e. The molecule has 0 saturated carbocycles. The molecule has 0 saturated heterocycles. The van der Waals surface area contributed by atoms with E-state index in [2.05, 4.69) is 36.3 Å². The van der Waals surface area contributed by atoms with Crippen LogP contribution in [0.15, 0.2) is 48.7 Å². The van der Waals surface area contributed by atoms with Gasteiger partial charge in [0.15, 0.2) is 0 Å². The Labute approximate surface area is 129 Å². The summed E-state index contributed by atoms with van der Waals surface area (Å²) in [5, 5.41) is 3.08. The van der Waals surface area contributed by atoms with E-state index >= 15 is 0 Å². The molecule has 2 rings (SSSR count). The third-order valence-electron chi connectivity index (χ3n) is 3.02. The Morgan fingerprint density at radius 1 is 1.24 bits per heavy atom. The molecule has 0 atom stereocenters. The molecule has 21 heavy (non-hydrogen) atoms. The molecule has 3 nitrogen and oxygen atoms in total. The van der Waals surface area contributed by atoms with Crippen LogP contribution in [-0.4, -0.2) is 10.9 Å². The van der Waals surface area contributed by atoms with Crippen molar-refractivity contribution >= 4 is 29.3 Å². The Kier molecular flexibility index (Phi) is 5.12. The highest BCUT2D eigenvalue weighted by Crippen LogP contribution is 2.15. The van der Waals surface area contributed by atoms with Crippen LogP contribution < -0.4 is 5.32 Å². The third kappa shape index (κ3) is 4.72. The lowest BCUT2D eigenvalue weighted by Gasteiger charge is -2.04. The second-order valence-corrected chi connectivity index (χ2v) is 5.40. The molecule has 0 aliphatic carbocycles. The van der Waals surface area contributed by atoms with E-state index in [1.807, 2.05) is 12.1 Å². The lowest BCUT2D eigenvalue weighted by Crippen LogP contribution is -2.07. The summed E-state index contributed by atoms with van der Waals surface area (Å²) < 4.78 is 0. The van der Waals surface area contributed by atoms with Gasteiger partial charge in [0, 0.05) is 18.0 Å². The Hall–Kier alpha value is -2.13. The van der Waals surface area contributed by atoms with Gasteiger partial charge in [-0.15, -0.1) is 0 Å². The first kappa shape index (κ1) is 15.3. The first-order chi connectivity index (χ1) is 10.0. The van der Waals surface area contributed by atoms with E-state index in [0.717, 1.165) is 5.56 Å². The number of nitrogens with zero attached hydrogens (tertiary/aromatic N) is 1. The van der Waals surface area contributed by atoms with E-state index in [4.69, 9.17) is 11.6 Å². The minimum Gasteiger partial charge on any atom is -0.322 e. The van der Waals surface area contributed by atoms with Crippen molar-refractivity contribution < 1.29 is 4.79 Å². The van der Waals surface area contributed by atoms with Crippen molar-refractivity contribution in [3.8, 4) is 0 Å². The molecule has 1 heterocycles. The first-order valence-electron chi connectivity index (χ1n) is 6.75. The minimum absolute atomic E-state index is 0.204. The maximum absolute atomic E-state index is 11.8. The Balaban J connectivity index is 1.98. The molecule has 2 aromatic rings. The Morgan fingerprint density at radius 2 is 1.95 bits per heavy atom. The molecular formula is C17H17ClN2O. The van der Waals surface area contributed by atoms with Gasteiger partial charge in [-0.05, 0) is 35.3 Å². The highest BCUT2D eigenvalue weighted by Gasteiger charge is 2.00. The van der Waals surface area contributed by atoms with Crippen molar-refractivity contribution in [2.75, 3.05) is 5.32 Å². The summed E-state index contributed by atoms with van der Waals surface area (Å²) in [4.78, 5) is 15.7. The van der Waals surface area contributed by atoms with Crippen LogP contribution in [0.3, 0.4) is 0 Å². The van der Waals surface area contributed by atoms with Crippen LogP contribution in [0.25, 0.3) is 6.08 Å². The second-order valence-electron chi connectivity index (χ2n) is 5.01. The van der Waals surface area contributed by atoms with Gasteiger partial charge in [0.2, 0.25) is 5.91 Å². The summed E-state index contributed by atoms with van der Waals surface area (Å²) in [6.07, 6.45) is 4.83. The fourth-order valence-electron chi connectivity index (χ4n) is 1.83. The summed E-state index contributed by atoms with van der Waals surface area (Å²) in [6.45, 7) is 4.30. The molecule has 108 valence electrons. The molecule has 0 fully saturated rings. The topological polar surface area (TPSA) is 42.0 Å². The van der Waals surface area contributed by atoms with Gasteiger partial charge in [0.25, 0.3) is 0 Å². The number of benzene rings is 1. The van der Waals surface area contributed by atoms with Gasteiger partial charge >= 0.3 is 0 Å². The molecule has 0 unspecified atom stereocenters. The van der Waals surface area contributed by atoms with Crippen LogP contribution in [0.2, 0.25) is 5.15 Å². The van der Waals surface area contributed by atoms with Crippen molar-refractivity contribution in [3.63, 3.8) is 0 Å². The lowest BCUT2D eigenvalue weighted by molar-refractivity contribution is -0.111. The molecule has 0 aliphatic rings. The van der Waals surface area contributed by atoms with Gasteiger partial charge in [0.05, 0.1) is 0 Å². The van der Waals surface area contributed by atoms with Gasteiger partial charge in [-0.3, -0.25) is 4.79 Å². The number of halogens is 1. The van der Waals surface area contributed by atoms with Crippen LogP contribution in [0, 0.1) is 0 Å².